The van der Waals surface area contributed by atoms with E-state index in [9.17, 15) is 9.59 Å². The summed E-state index contributed by atoms with van der Waals surface area (Å²) in [5, 5.41) is 23.1. The Kier molecular flexibility index (Phi) is 3.87. The summed E-state index contributed by atoms with van der Waals surface area (Å²) in [4.78, 5) is 20.2. The molecule has 0 heterocycles. The fourth-order valence-corrected chi connectivity index (χ4v) is 0.557. The van der Waals surface area contributed by atoms with Gasteiger partial charge in [0.25, 0.3) is 0 Å². The van der Waals surface area contributed by atoms with Crippen molar-refractivity contribution in [2.24, 2.45) is 5.92 Å². The molecule has 1 atom stereocenters. The average molecular weight is 159 g/mol. The first-order valence-electron chi connectivity index (χ1n) is 3.03. The lowest BCUT2D eigenvalue weighted by Crippen LogP contribution is -2.15. The molecule has 0 rings (SSSR count). The van der Waals surface area contributed by atoms with Gasteiger partial charge in [-0.3, -0.25) is 9.59 Å². The van der Waals surface area contributed by atoms with Gasteiger partial charge in [-0.25, -0.2) is 0 Å². The Bertz CT molecular complexity index is 177. The van der Waals surface area contributed by atoms with Gasteiger partial charge in [0.15, 0.2) is 0 Å². The van der Waals surface area contributed by atoms with Crippen LogP contribution in [0.5, 0.6) is 0 Å². The molecule has 0 aromatic heterocycles. The molecule has 0 radical (unpaired) electrons. The number of hydrogen-bond donors (Lipinski definition) is 3. The van der Waals surface area contributed by atoms with Crippen LogP contribution >= 0.6 is 0 Å². The molecule has 0 aliphatic heterocycles. The van der Waals surface area contributed by atoms with E-state index in [0.29, 0.717) is 0 Å². The Morgan fingerprint density at radius 2 is 2.00 bits per heavy atom. The van der Waals surface area contributed by atoms with Crippen molar-refractivity contribution in [1.82, 2.24) is 0 Å². The molecule has 5 heteroatoms. The van der Waals surface area contributed by atoms with Gasteiger partial charge in [-0.1, -0.05) is 0 Å². The molecule has 0 saturated heterocycles. The lowest BCUT2D eigenvalue weighted by atomic mass is 10.1. The van der Waals surface area contributed by atoms with Crippen LogP contribution in [0.25, 0.3) is 0 Å². The number of aliphatic carboxylic acids is 2. The number of hydrogen-bond acceptors (Lipinski definition) is 3. The van der Waals surface area contributed by atoms with Crippen LogP contribution in [0.3, 0.4) is 0 Å². The van der Waals surface area contributed by atoms with Crippen molar-refractivity contribution < 1.29 is 19.8 Å². The van der Waals surface area contributed by atoms with Crippen LogP contribution < -0.4 is 0 Å². The van der Waals surface area contributed by atoms with E-state index in [1.165, 1.54) is 0 Å². The standard InChI is InChI=1S/C6H9NO4/c7-3-4(6(10)11)1-2-5(8)9/h3-4,7H,1-2H2,(H,8,9)(H,10,11). The Hall–Kier alpha value is -1.39. The first kappa shape index (κ1) is 9.61. The van der Waals surface area contributed by atoms with Crippen LogP contribution in [-0.4, -0.2) is 28.4 Å². The lowest BCUT2D eigenvalue weighted by molar-refractivity contribution is -0.140. The summed E-state index contributed by atoms with van der Waals surface area (Å²) in [6.07, 6.45) is 0.506. The second kappa shape index (κ2) is 4.43. The summed E-state index contributed by atoms with van der Waals surface area (Å²) in [5.41, 5.74) is 0. The van der Waals surface area contributed by atoms with Crippen LogP contribution in [0.15, 0.2) is 0 Å². The molecule has 0 spiro atoms. The van der Waals surface area contributed by atoms with Gasteiger partial charge in [-0.15, -0.1) is 0 Å². The van der Waals surface area contributed by atoms with Gasteiger partial charge in [0.2, 0.25) is 0 Å². The SMILES string of the molecule is N=CC(CCC(=O)O)C(=O)O. The van der Waals surface area contributed by atoms with Gasteiger partial charge in [0, 0.05) is 12.6 Å². The number of carboxylic acids is 2. The summed E-state index contributed by atoms with van der Waals surface area (Å²) in [6, 6.07) is 0. The van der Waals surface area contributed by atoms with Gasteiger partial charge < -0.3 is 15.6 Å². The normalized spacial score (nSPS) is 12.0. The zero-order valence-electron chi connectivity index (χ0n) is 5.78. The van der Waals surface area contributed by atoms with Crippen LogP contribution in [-0.2, 0) is 9.59 Å². The third kappa shape index (κ3) is 4.07. The molecule has 5 nitrogen and oxygen atoms in total. The second-order valence-electron chi connectivity index (χ2n) is 2.04. The van der Waals surface area contributed by atoms with Gasteiger partial charge in [0.1, 0.15) is 0 Å². The highest BCUT2D eigenvalue weighted by molar-refractivity contribution is 5.87. The molecule has 62 valence electrons. The third-order valence-electron chi connectivity index (χ3n) is 1.19. The van der Waals surface area contributed by atoms with Crippen molar-refractivity contribution in [2.75, 3.05) is 0 Å². The fraction of sp³-hybridized carbons (Fsp3) is 0.500. The van der Waals surface area contributed by atoms with Gasteiger partial charge >= 0.3 is 11.9 Å². The number of nitrogens with one attached hydrogen (secondary N) is 1. The van der Waals surface area contributed by atoms with Crippen molar-refractivity contribution >= 4 is 18.2 Å². The molecule has 0 aromatic rings. The summed E-state index contributed by atoms with van der Waals surface area (Å²) in [5.74, 6) is -3.16. The third-order valence-corrected chi connectivity index (χ3v) is 1.19. The second-order valence-corrected chi connectivity index (χ2v) is 2.04. The van der Waals surface area contributed by atoms with Gasteiger partial charge in [-0.2, -0.15) is 0 Å². The van der Waals surface area contributed by atoms with Crippen LogP contribution in [0.4, 0.5) is 0 Å². The van der Waals surface area contributed by atoms with Crippen molar-refractivity contribution in [3.8, 4) is 0 Å². The summed E-state index contributed by atoms with van der Waals surface area (Å²) < 4.78 is 0. The Balaban J connectivity index is 3.79. The minimum atomic E-state index is -1.15. The molecular weight excluding hydrogens is 150 g/mol. The number of carboxylic acid groups (broad SMARTS) is 2. The van der Waals surface area contributed by atoms with Crippen molar-refractivity contribution in [1.29, 1.82) is 5.41 Å². The van der Waals surface area contributed by atoms with Crippen molar-refractivity contribution in [3.05, 3.63) is 0 Å². The Morgan fingerprint density at radius 1 is 1.45 bits per heavy atom. The van der Waals surface area contributed by atoms with Crippen LogP contribution in [0, 0.1) is 11.3 Å². The zero-order valence-corrected chi connectivity index (χ0v) is 5.78. The van der Waals surface area contributed by atoms with E-state index in [-0.39, 0.29) is 12.8 Å². The molecule has 0 fully saturated rings. The van der Waals surface area contributed by atoms with Gasteiger partial charge in [-0.05, 0) is 6.42 Å². The molecule has 1 unspecified atom stereocenters. The van der Waals surface area contributed by atoms with E-state index >= 15 is 0 Å². The summed E-state index contributed by atoms with van der Waals surface area (Å²) in [6.45, 7) is 0. The van der Waals surface area contributed by atoms with E-state index in [2.05, 4.69) is 0 Å². The minimum absolute atomic E-state index is 0.0197. The highest BCUT2D eigenvalue weighted by atomic mass is 16.4. The lowest BCUT2D eigenvalue weighted by Gasteiger charge is -2.01. The van der Waals surface area contributed by atoms with Crippen molar-refractivity contribution in [3.63, 3.8) is 0 Å². The van der Waals surface area contributed by atoms with E-state index in [4.69, 9.17) is 15.6 Å². The predicted molar refractivity (Wildman–Crippen MR) is 36.8 cm³/mol. The topological polar surface area (TPSA) is 98.5 Å². The highest BCUT2D eigenvalue weighted by Crippen LogP contribution is 2.03. The van der Waals surface area contributed by atoms with Crippen LogP contribution in [0.1, 0.15) is 12.8 Å². The fourth-order valence-electron chi connectivity index (χ4n) is 0.557. The predicted octanol–water partition coefficient (Wildman–Crippen LogP) is 0.202. The molecular formula is C6H9NO4. The molecule has 0 saturated carbocycles. The maximum Gasteiger partial charge on any atom is 0.311 e. The molecule has 3 N–H and O–H groups in total. The smallest absolute Gasteiger partial charge is 0.311 e. The minimum Gasteiger partial charge on any atom is -0.481 e. The van der Waals surface area contributed by atoms with E-state index in [1.54, 1.807) is 0 Å². The van der Waals surface area contributed by atoms with E-state index < -0.39 is 17.9 Å². The first-order chi connectivity index (χ1) is 5.07. The Labute approximate surface area is 63.2 Å². The molecule has 0 aliphatic rings. The monoisotopic (exact) mass is 159 g/mol. The zero-order chi connectivity index (χ0) is 8.85. The Morgan fingerprint density at radius 3 is 2.27 bits per heavy atom. The average Bonchev–Trinajstić information content (AvgIpc) is 1.87. The molecule has 0 amide bonds. The highest BCUT2D eigenvalue weighted by Gasteiger charge is 2.14. The molecule has 0 aliphatic carbocycles. The molecule has 11 heavy (non-hydrogen) atoms. The first-order valence-corrected chi connectivity index (χ1v) is 3.03. The van der Waals surface area contributed by atoms with Crippen molar-refractivity contribution in [2.45, 2.75) is 12.8 Å². The number of carbonyl (C=O) groups is 2. The van der Waals surface area contributed by atoms with Crippen LogP contribution in [0.2, 0.25) is 0 Å². The maximum absolute atomic E-state index is 10.2. The number of rotatable bonds is 5. The largest absolute Gasteiger partial charge is 0.481 e. The maximum atomic E-state index is 10.2. The molecule has 0 aromatic carbocycles. The van der Waals surface area contributed by atoms with E-state index in [1.807, 2.05) is 0 Å². The van der Waals surface area contributed by atoms with Gasteiger partial charge in [0.05, 0.1) is 5.92 Å². The molecule has 0 bridgehead atoms. The summed E-state index contributed by atoms with van der Waals surface area (Å²) in [7, 11) is 0. The van der Waals surface area contributed by atoms with E-state index in [0.717, 1.165) is 6.21 Å². The summed E-state index contributed by atoms with van der Waals surface area (Å²) >= 11 is 0. The quantitative estimate of drug-likeness (QED) is 0.499.